The molecular weight excluding hydrogens is 234 g/mol. The summed E-state index contributed by atoms with van der Waals surface area (Å²) in [6, 6.07) is 6.85. The lowest BCUT2D eigenvalue weighted by Gasteiger charge is -2.05. The highest BCUT2D eigenvalue weighted by molar-refractivity contribution is 5.27. The van der Waals surface area contributed by atoms with Gasteiger partial charge >= 0.3 is 0 Å². The van der Waals surface area contributed by atoms with Gasteiger partial charge in [-0.05, 0) is 17.7 Å². The summed E-state index contributed by atoms with van der Waals surface area (Å²) in [4.78, 5) is 4.22. The van der Waals surface area contributed by atoms with E-state index in [9.17, 15) is 5.11 Å². The largest absolute Gasteiger partial charge is 0.508 e. The molecule has 6 nitrogen and oxygen atoms in total. The lowest BCUT2D eigenvalue weighted by atomic mass is 10.1. The van der Waals surface area contributed by atoms with Gasteiger partial charge in [-0.2, -0.15) is 4.98 Å². The van der Waals surface area contributed by atoms with E-state index in [0.29, 0.717) is 18.1 Å². The van der Waals surface area contributed by atoms with E-state index in [-0.39, 0.29) is 18.4 Å². The topological polar surface area (TPSA) is 94.4 Å². The van der Waals surface area contributed by atoms with E-state index in [1.165, 1.54) is 0 Å². The molecule has 1 atom stereocenters. The molecule has 0 bridgehead atoms. The van der Waals surface area contributed by atoms with Crippen LogP contribution >= 0.6 is 0 Å². The molecule has 0 fully saturated rings. The van der Waals surface area contributed by atoms with Crippen molar-refractivity contribution in [3.8, 4) is 5.75 Å². The van der Waals surface area contributed by atoms with Gasteiger partial charge in [-0.1, -0.05) is 17.3 Å². The van der Waals surface area contributed by atoms with E-state index in [1.807, 2.05) is 12.1 Å². The Bertz CT molecular complexity index is 492. The second kappa shape index (κ2) is 5.61. The minimum Gasteiger partial charge on any atom is -0.508 e. The molecule has 6 heteroatoms. The number of aromatic hydroxyl groups is 1. The van der Waals surface area contributed by atoms with Gasteiger partial charge in [-0.25, -0.2) is 0 Å². The summed E-state index contributed by atoms with van der Waals surface area (Å²) in [6.07, 6.45) is 0.163. The minimum atomic E-state index is -0.369. The van der Waals surface area contributed by atoms with Crippen molar-refractivity contribution in [2.24, 2.45) is 5.73 Å². The third-order valence-corrected chi connectivity index (χ3v) is 2.56. The zero-order chi connectivity index (χ0) is 13.0. The number of nitrogens with two attached hydrogens (primary N) is 1. The molecule has 0 saturated heterocycles. The molecule has 0 spiro atoms. The van der Waals surface area contributed by atoms with Crippen molar-refractivity contribution >= 4 is 0 Å². The van der Waals surface area contributed by atoms with Crippen LogP contribution in [-0.2, 0) is 11.2 Å². The number of phenols is 1. The standard InChI is InChI=1S/C12H15N3O3/c1-17-10(7-13)12-14-11(15-18-12)6-8-2-4-9(16)5-3-8/h2-5,10,16H,6-7,13H2,1H3. The molecule has 0 aliphatic rings. The number of hydrogen-bond acceptors (Lipinski definition) is 6. The van der Waals surface area contributed by atoms with Crippen LogP contribution in [0.4, 0.5) is 0 Å². The van der Waals surface area contributed by atoms with Crippen LogP contribution in [-0.4, -0.2) is 28.9 Å². The van der Waals surface area contributed by atoms with Crippen molar-refractivity contribution in [2.45, 2.75) is 12.5 Å². The number of phenolic OH excluding ortho intramolecular Hbond substituents is 1. The Labute approximate surface area is 104 Å². The Morgan fingerprint density at radius 2 is 2.11 bits per heavy atom. The van der Waals surface area contributed by atoms with Gasteiger partial charge in [0.05, 0.1) is 0 Å². The number of hydrogen-bond donors (Lipinski definition) is 2. The smallest absolute Gasteiger partial charge is 0.257 e. The average molecular weight is 249 g/mol. The molecule has 0 amide bonds. The molecule has 1 aromatic heterocycles. The number of rotatable bonds is 5. The van der Waals surface area contributed by atoms with Crippen molar-refractivity contribution in [1.82, 2.24) is 10.1 Å². The van der Waals surface area contributed by atoms with E-state index >= 15 is 0 Å². The molecule has 2 rings (SSSR count). The zero-order valence-corrected chi connectivity index (χ0v) is 10.0. The summed E-state index contributed by atoms with van der Waals surface area (Å²) >= 11 is 0. The lowest BCUT2D eigenvalue weighted by molar-refractivity contribution is 0.0804. The van der Waals surface area contributed by atoms with Crippen LogP contribution in [0, 0.1) is 0 Å². The number of ether oxygens (including phenoxy) is 1. The summed E-state index contributed by atoms with van der Waals surface area (Å²) in [5, 5.41) is 13.0. The first-order valence-electron chi connectivity index (χ1n) is 5.56. The van der Waals surface area contributed by atoms with Gasteiger partial charge < -0.3 is 20.1 Å². The lowest BCUT2D eigenvalue weighted by Crippen LogP contribution is -2.14. The maximum Gasteiger partial charge on any atom is 0.257 e. The molecule has 0 aliphatic heterocycles. The molecule has 0 radical (unpaired) electrons. The van der Waals surface area contributed by atoms with Crippen LogP contribution in [0.25, 0.3) is 0 Å². The van der Waals surface area contributed by atoms with Crippen LogP contribution in [0.1, 0.15) is 23.4 Å². The Balaban J connectivity index is 2.08. The van der Waals surface area contributed by atoms with Crippen molar-refractivity contribution in [1.29, 1.82) is 0 Å². The van der Waals surface area contributed by atoms with Crippen molar-refractivity contribution in [3.63, 3.8) is 0 Å². The Morgan fingerprint density at radius 1 is 1.39 bits per heavy atom. The van der Waals surface area contributed by atoms with Gasteiger partial charge in [-0.3, -0.25) is 0 Å². The fraction of sp³-hybridized carbons (Fsp3) is 0.333. The van der Waals surface area contributed by atoms with Gasteiger partial charge in [-0.15, -0.1) is 0 Å². The second-order valence-corrected chi connectivity index (χ2v) is 3.85. The first-order valence-corrected chi connectivity index (χ1v) is 5.56. The second-order valence-electron chi connectivity index (χ2n) is 3.85. The molecule has 3 N–H and O–H groups in total. The van der Waals surface area contributed by atoms with Crippen LogP contribution in [0.15, 0.2) is 28.8 Å². The monoisotopic (exact) mass is 249 g/mol. The molecule has 0 saturated carbocycles. The number of benzene rings is 1. The molecule has 1 aromatic carbocycles. The van der Waals surface area contributed by atoms with E-state index < -0.39 is 0 Å². The number of nitrogens with zero attached hydrogens (tertiary/aromatic N) is 2. The van der Waals surface area contributed by atoms with Gasteiger partial charge in [0.1, 0.15) is 11.9 Å². The maximum absolute atomic E-state index is 9.18. The van der Waals surface area contributed by atoms with Crippen LogP contribution in [0.2, 0.25) is 0 Å². The molecule has 18 heavy (non-hydrogen) atoms. The highest BCUT2D eigenvalue weighted by Gasteiger charge is 2.16. The third-order valence-electron chi connectivity index (χ3n) is 2.56. The van der Waals surface area contributed by atoms with E-state index in [0.717, 1.165) is 5.56 Å². The highest BCUT2D eigenvalue weighted by atomic mass is 16.5. The summed E-state index contributed by atoms with van der Waals surface area (Å²) in [7, 11) is 1.54. The SMILES string of the molecule is COC(CN)c1nc(Cc2ccc(O)cc2)no1. The summed E-state index contributed by atoms with van der Waals surface area (Å²) in [5.41, 5.74) is 6.50. The van der Waals surface area contributed by atoms with Gasteiger partial charge in [0.2, 0.25) is 0 Å². The Morgan fingerprint density at radius 3 is 2.72 bits per heavy atom. The van der Waals surface area contributed by atoms with Crippen LogP contribution < -0.4 is 5.73 Å². The fourth-order valence-electron chi connectivity index (χ4n) is 1.56. The van der Waals surface area contributed by atoms with Crippen molar-refractivity contribution in [3.05, 3.63) is 41.5 Å². The molecule has 96 valence electrons. The van der Waals surface area contributed by atoms with E-state index in [1.54, 1.807) is 19.2 Å². The van der Waals surface area contributed by atoms with Crippen molar-refractivity contribution < 1.29 is 14.4 Å². The third kappa shape index (κ3) is 2.85. The fourth-order valence-corrected chi connectivity index (χ4v) is 1.56. The molecule has 2 aromatic rings. The first-order chi connectivity index (χ1) is 8.72. The first kappa shape index (κ1) is 12.5. The Hall–Kier alpha value is -1.92. The minimum absolute atomic E-state index is 0.232. The maximum atomic E-state index is 9.18. The van der Waals surface area contributed by atoms with Crippen molar-refractivity contribution in [2.75, 3.05) is 13.7 Å². The van der Waals surface area contributed by atoms with Gasteiger partial charge in [0.15, 0.2) is 5.82 Å². The summed E-state index contributed by atoms with van der Waals surface area (Å²) in [5.74, 6) is 1.18. The van der Waals surface area contributed by atoms with Gasteiger partial charge in [0, 0.05) is 20.1 Å². The zero-order valence-electron chi connectivity index (χ0n) is 10.0. The Kier molecular flexibility index (Phi) is 3.91. The van der Waals surface area contributed by atoms with E-state index in [4.69, 9.17) is 15.0 Å². The molecule has 0 aliphatic carbocycles. The number of aromatic nitrogens is 2. The summed E-state index contributed by atoms with van der Waals surface area (Å²) in [6.45, 7) is 0.289. The van der Waals surface area contributed by atoms with Crippen LogP contribution in [0.3, 0.4) is 0 Å². The van der Waals surface area contributed by atoms with E-state index in [2.05, 4.69) is 10.1 Å². The highest BCUT2D eigenvalue weighted by Crippen LogP contribution is 2.15. The predicted octanol–water partition coefficient (Wildman–Crippen LogP) is 1.01. The summed E-state index contributed by atoms with van der Waals surface area (Å²) < 4.78 is 10.2. The van der Waals surface area contributed by atoms with Gasteiger partial charge in [0.25, 0.3) is 5.89 Å². The molecule has 1 heterocycles. The van der Waals surface area contributed by atoms with Crippen LogP contribution in [0.5, 0.6) is 5.75 Å². The quantitative estimate of drug-likeness (QED) is 0.821. The average Bonchev–Trinajstić information content (AvgIpc) is 2.82. The number of methoxy groups -OCH3 is 1. The molecule has 1 unspecified atom stereocenters. The predicted molar refractivity (Wildman–Crippen MR) is 64.0 cm³/mol. The normalized spacial score (nSPS) is 12.6. The molecular formula is C12H15N3O3.